The lowest BCUT2D eigenvalue weighted by atomic mass is 10.0. The van der Waals surface area contributed by atoms with Crippen molar-refractivity contribution in [2.75, 3.05) is 11.9 Å². The summed E-state index contributed by atoms with van der Waals surface area (Å²) >= 11 is 0. The first-order chi connectivity index (χ1) is 9.60. The number of hydrogen-bond donors (Lipinski definition) is 1. The first-order valence-corrected chi connectivity index (χ1v) is 6.95. The van der Waals surface area contributed by atoms with Crippen LogP contribution in [0.4, 0.5) is 5.95 Å². The molecule has 0 aliphatic carbocycles. The maximum Gasteiger partial charge on any atom is 0.225 e. The van der Waals surface area contributed by atoms with Gasteiger partial charge in [-0.1, -0.05) is 26.0 Å². The smallest absolute Gasteiger partial charge is 0.225 e. The van der Waals surface area contributed by atoms with E-state index in [-0.39, 0.29) is 0 Å². The van der Waals surface area contributed by atoms with Gasteiger partial charge < -0.3 is 10.1 Å². The average molecular weight is 271 g/mol. The summed E-state index contributed by atoms with van der Waals surface area (Å²) in [6.07, 6.45) is 1.70. The van der Waals surface area contributed by atoms with Crippen LogP contribution in [-0.2, 0) is 0 Å². The fraction of sp³-hybridized carbons (Fsp3) is 0.375. The monoisotopic (exact) mass is 271 g/mol. The lowest BCUT2D eigenvalue weighted by molar-refractivity contribution is 0.458. The lowest BCUT2D eigenvalue weighted by Gasteiger charge is -2.12. The van der Waals surface area contributed by atoms with E-state index in [0.29, 0.717) is 17.7 Å². The summed E-state index contributed by atoms with van der Waals surface area (Å²) in [5.41, 5.74) is 2.35. The van der Waals surface area contributed by atoms with Crippen molar-refractivity contribution in [1.82, 2.24) is 9.97 Å². The number of rotatable bonds is 5. The molecule has 0 spiro atoms. The van der Waals surface area contributed by atoms with Gasteiger partial charge in [0.05, 0.1) is 0 Å². The molecule has 0 fully saturated rings. The van der Waals surface area contributed by atoms with Crippen LogP contribution in [0.1, 0.15) is 37.8 Å². The van der Waals surface area contributed by atoms with Crippen molar-refractivity contribution in [2.45, 2.75) is 33.6 Å². The van der Waals surface area contributed by atoms with Crippen LogP contribution >= 0.6 is 0 Å². The van der Waals surface area contributed by atoms with E-state index < -0.39 is 0 Å². The molecule has 1 aromatic carbocycles. The molecular formula is C16H21N3O. The van der Waals surface area contributed by atoms with Crippen molar-refractivity contribution in [1.29, 1.82) is 0 Å². The minimum absolute atomic E-state index is 0.473. The Morgan fingerprint density at radius 3 is 2.75 bits per heavy atom. The number of nitrogens with one attached hydrogen (secondary N) is 1. The van der Waals surface area contributed by atoms with Crippen LogP contribution in [0.3, 0.4) is 0 Å². The molecule has 4 heteroatoms. The molecule has 0 radical (unpaired) electrons. The number of ether oxygens (including phenoxy) is 1. The van der Waals surface area contributed by atoms with Gasteiger partial charge in [-0.25, -0.2) is 4.98 Å². The fourth-order valence-corrected chi connectivity index (χ4v) is 1.84. The number of aryl methyl sites for hydroxylation is 1. The van der Waals surface area contributed by atoms with E-state index in [1.54, 1.807) is 12.3 Å². The summed E-state index contributed by atoms with van der Waals surface area (Å²) in [5, 5.41) is 3.08. The zero-order valence-corrected chi connectivity index (χ0v) is 12.5. The first kappa shape index (κ1) is 14.3. The van der Waals surface area contributed by atoms with E-state index in [9.17, 15) is 0 Å². The molecule has 0 aliphatic rings. The van der Waals surface area contributed by atoms with Crippen molar-refractivity contribution in [3.8, 4) is 11.6 Å². The summed E-state index contributed by atoms with van der Waals surface area (Å²) in [4.78, 5) is 8.47. The molecule has 0 amide bonds. The molecule has 2 aromatic rings. The standard InChI is InChI=1S/C16H21N3O/c1-5-17-16-18-9-8-15(19-16)20-14-10-13(11(2)3)7-6-12(14)4/h6-11H,5H2,1-4H3,(H,17,18,19). The third-order valence-corrected chi connectivity index (χ3v) is 3.06. The van der Waals surface area contributed by atoms with E-state index >= 15 is 0 Å². The highest BCUT2D eigenvalue weighted by molar-refractivity contribution is 5.40. The van der Waals surface area contributed by atoms with Gasteiger partial charge in [0.15, 0.2) is 0 Å². The largest absolute Gasteiger partial charge is 0.439 e. The van der Waals surface area contributed by atoms with Crippen LogP contribution in [0.25, 0.3) is 0 Å². The van der Waals surface area contributed by atoms with Crippen LogP contribution in [0.2, 0.25) is 0 Å². The molecule has 0 atom stereocenters. The summed E-state index contributed by atoms with van der Waals surface area (Å²) in [5.74, 6) is 2.46. The predicted octanol–water partition coefficient (Wildman–Crippen LogP) is 4.13. The number of aromatic nitrogens is 2. The molecule has 4 nitrogen and oxygen atoms in total. The topological polar surface area (TPSA) is 47.0 Å². The van der Waals surface area contributed by atoms with Crippen LogP contribution in [0, 0.1) is 6.92 Å². The zero-order valence-electron chi connectivity index (χ0n) is 12.5. The summed E-state index contributed by atoms with van der Waals surface area (Å²) < 4.78 is 5.90. The Balaban J connectivity index is 2.25. The van der Waals surface area contributed by atoms with Crippen LogP contribution in [0.5, 0.6) is 11.6 Å². The van der Waals surface area contributed by atoms with Crippen LogP contribution < -0.4 is 10.1 Å². The van der Waals surface area contributed by atoms with Gasteiger partial charge in [0, 0.05) is 18.8 Å². The molecule has 20 heavy (non-hydrogen) atoms. The van der Waals surface area contributed by atoms with Gasteiger partial charge in [-0.2, -0.15) is 4.98 Å². The van der Waals surface area contributed by atoms with Gasteiger partial charge in [0.2, 0.25) is 11.8 Å². The third kappa shape index (κ3) is 3.47. The second-order valence-electron chi connectivity index (χ2n) is 5.03. The molecule has 1 aromatic heterocycles. The third-order valence-electron chi connectivity index (χ3n) is 3.06. The van der Waals surface area contributed by atoms with E-state index in [2.05, 4.69) is 47.3 Å². The summed E-state index contributed by atoms with van der Waals surface area (Å²) in [6, 6.07) is 8.06. The van der Waals surface area contributed by atoms with E-state index in [1.807, 2.05) is 13.8 Å². The highest BCUT2D eigenvalue weighted by atomic mass is 16.5. The summed E-state index contributed by atoms with van der Waals surface area (Å²) in [7, 11) is 0. The maximum absolute atomic E-state index is 5.90. The van der Waals surface area contributed by atoms with E-state index in [1.165, 1.54) is 5.56 Å². The van der Waals surface area contributed by atoms with Gasteiger partial charge >= 0.3 is 0 Å². The van der Waals surface area contributed by atoms with Crippen molar-refractivity contribution in [2.24, 2.45) is 0 Å². The van der Waals surface area contributed by atoms with Gasteiger partial charge in [-0.05, 0) is 37.0 Å². The Morgan fingerprint density at radius 2 is 2.05 bits per heavy atom. The maximum atomic E-state index is 5.90. The highest BCUT2D eigenvalue weighted by Crippen LogP contribution is 2.28. The Hall–Kier alpha value is -2.10. The molecular weight excluding hydrogens is 250 g/mol. The normalized spacial score (nSPS) is 10.7. The number of benzene rings is 1. The van der Waals surface area contributed by atoms with Crippen molar-refractivity contribution in [3.63, 3.8) is 0 Å². The minimum atomic E-state index is 0.473. The van der Waals surface area contributed by atoms with Crippen molar-refractivity contribution in [3.05, 3.63) is 41.6 Å². The Labute approximate surface area is 120 Å². The highest BCUT2D eigenvalue weighted by Gasteiger charge is 2.07. The first-order valence-electron chi connectivity index (χ1n) is 6.95. The molecule has 0 saturated carbocycles. The van der Waals surface area contributed by atoms with Crippen molar-refractivity contribution < 1.29 is 4.74 Å². The molecule has 1 heterocycles. The Kier molecular flexibility index (Phi) is 4.56. The molecule has 106 valence electrons. The molecule has 1 N–H and O–H groups in total. The van der Waals surface area contributed by atoms with Crippen molar-refractivity contribution >= 4 is 5.95 Å². The average Bonchev–Trinajstić information content (AvgIpc) is 2.42. The van der Waals surface area contributed by atoms with Gasteiger partial charge in [0.25, 0.3) is 0 Å². The number of nitrogens with zero attached hydrogens (tertiary/aromatic N) is 2. The minimum Gasteiger partial charge on any atom is -0.439 e. The Bertz CT molecular complexity index is 582. The predicted molar refractivity (Wildman–Crippen MR) is 81.5 cm³/mol. The molecule has 0 aliphatic heterocycles. The second-order valence-corrected chi connectivity index (χ2v) is 5.03. The molecule has 0 unspecified atom stereocenters. The molecule has 2 rings (SSSR count). The second kappa shape index (κ2) is 6.37. The quantitative estimate of drug-likeness (QED) is 0.888. The Morgan fingerprint density at radius 1 is 1.25 bits per heavy atom. The fourth-order valence-electron chi connectivity index (χ4n) is 1.84. The van der Waals surface area contributed by atoms with Gasteiger partial charge in [-0.3, -0.25) is 0 Å². The van der Waals surface area contributed by atoms with E-state index in [4.69, 9.17) is 4.74 Å². The number of anilines is 1. The summed E-state index contributed by atoms with van der Waals surface area (Å²) in [6.45, 7) is 9.16. The van der Waals surface area contributed by atoms with Crippen LogP contribution in [0.15, 0.2) is 30.5 Å². The molecule has 0 saturated heterocycles. The zero-order chi connectivity index (χ0) is 14.5. The van der Waals surface area contributed by atoms with Crippen LogP contribution in [-0.4, -0.2) is 16.5 Å². The van der Waals surface area contributed by atoms with E-state index in [0.717, 1.165) is 17.9 Å². The van der Waals surface area contributed by atoms with Gasteiger partial charge in [-0.15, -0.1) is 0 Å². The SMILES string of the molecule is CCNc1nccc(Oc2cc(C(C)C)ccc2C)n1. The molecule has 0 bridgehead atoms. The number of hydrogen-bond acceptors (Lipinski definition) is 4. The lowest BCUT2D eigenvalue weighted by Crippen LogP contribution is -2.02. The van der Waals surface area contributed by atoms with Gasteiger partial charge in [0.1, 0.15) is 5.75 Å².